The first-order valence-electron chi connectivity index (χ1n) is 7.25. The Kier molecular flexibility index (Phi) is 3.81. The smallest absolute Gasteiger partial charge is 0.131 e. The fourth-order valence-corrected chi connectivity index (χ4v) is 2.66. The molecule has 0 aliphatic heterocycles. The lowest BCUT2D eigenvalue weighted by Gasteiger charge is -2.09. The molecule has 0 amide bonds. The number of hydrogen-bond acceptors (Lipinski definition) is 4. The van der Waals surface area contributed by atoms with E-state index >= 15 is 0 Å². The van der Waals surface area contributed by atoms with Gasteiger partial charge < -0.3 is 10.6 Å². The van der Waals surface area contributed by atoms with Crippen LogP contribution in [0.2, 0.25) is 0 Å². The molecule has 0 radical (unpaired) electrons. The highest BCUT2D eigenvalue weighted by atomic mass is 15.1. The van der Waals surface area contributed by atoms with Gasteiger partial charge in [0.1, 0.15) is 18.0 Å². The predicted octanol–water partition coefficient (Wildman–Crippen LogP) is 3.01. The molecule has 0 bridgehead atoms. The molecule has 1 aromatic heterocycles. The molecule has 1 aromatic carbocycles. The van der Waals surface area contributed by atoms with Crippen molar-refractivity contribution in [3.8, 4) is 0 Å². The van der Waals surface area contributed by atoms with E-state index in [4.69, 9.17) is 0 Å². The van der Waals surface area contributed by atoms with E-state index in [9.17, 15) is 0 Å². The standard InChI is InChI=1S/C16H20N4/c1-2-17-15-9-16(20-11-19-15)18-10-12-6-7-13-4-3-5-14(13)8-12/h6-9,11H,2-5,10H2,1H3,(H2,17,18,19,20). The van der Waals surface area contributed by atoms with Gasteiger partial charge in [0.2, 0.25) is 0 Å². The number of hydrogen-bond donors (Lipinski definition) is 2. The Bertz CT molecular complexity index is 595. The van der Waals surface area contributed by atoms with Crippen LogP contribution in [0.3, 0.4) is 0 Å². The summed E-state index contributed by atoms with van der Waals surface area (Å²) in [6, 6.07) is 8.74. The number of aromatic nitrogens is 2. The molecule has 0 saturated heterocycles. The second-order valence-electron chi connectivity index (χ2n) is 5.13. The number of anilines is 2. The summed E-state index contributed by atoms with van der Waals surface area (Å²) < 4.78 is 0. The molecular weight excluding hydrogens is 248 g/mol. The van der Waals surface area contributed by atoms with Crippen LogP contribution in [0.15, 0.2) is 30.6 Å². The molecule has 0 spiro atoms. The third-order valence-corrected chi connectivity index (χ3v) is 3.66. The Morgan fingerprint density at radius 3 is 2.65 bits per heavy atom. The summed E-state index contributed by atoms with van der Waals surface area (Å²) >= 11 is 0. The van der Waals surface area contributed by atoms with E-state index < -0.39 is 0 Å². The number of benzene rings is 1. The van der Waals surface area contributed by atoms with Gasteiger partial charge in [-0.1, -0.05) is 18.2 Å². The van der Waals surface area contributed by atoms with Crippen LogP contribution in [0.25, 0.3) is 0 Å². The fraction of sp³-hybridized carbons (Fsp3) is 0.375. The van der Waals surface area contributed by atoms with E-state index in [0.717, 1.165) is 24.7 Å². The van der Waals surface area contributed by atoms with Gasteiger partial charge in [0.05, 0.1) is 0 Å². The Morgan fingerprint density at radius 1 is 1.00 bits per heavy atom. The number of nitrogens with one attached hydrogen (secondary N) is 2. The maximum Gasteiger partial charge on any atom is 0.131 e. The zero-order valence-electron chi connectivity index (χ0n) is 11.8. The average Bonchev–Trinajstić information content (AvgIpc) is 2.93. The van der Waals surface area contributed by atoms with Gasteiger partial charge >= 0.3 is 0 Å². The van der Waals surface area contributed by atoms with Crippen molar-refractivity contribution in [2.75, 3.05) is 17.2 Å². The zero-order valence-corrected chi connectivity index (χ0v) is 11.8. The lowest BCUT2D eigenvalue weighted by molar-refractivity contribution is 0.911. The van der Waals surface area contributed by atoms with Crippen LogP contribution >= 0.6 is 0 Å². The van der Waals surface area contributed by atoms with Crippen molar-refractivity contribution in [3.63, 3.8) is 0 Å². The van der Waals surface area contributed by atoms with Gasteiger partial charge in [0.25, 0.3) is 0 Å². The minimum atomic E-state index is 0.801. The molecule has 104 valence electrons. The van der Waals surface area contributed by atoms with Crippen molar-refractivity contribution in [1.29, 1.82) is 0 Å². The second-order valence-corrected chi connectivity index (χ2v) is 5.13. The normalized spacial score (nSPS) is 13.1. The highest BCUT2D eigenvalue weighted by molar-refractivity contribution is 5.47. The van der Waals surface area contributed by atoms with Crippen LogP contribution in [0, 0.1) is 0 Å². The molecular formula is C16H20N4. The lowest BCUT2D eigenvalue weighted by Crippen LogP contribution is -2.05. The third-order valence-electron chi connectivity index (χ3n) is 3.66. The summed E-state index contributed by atoms with van der Waals surface area (Å²) in [5.74, 6) is 1.72. The highest BCUT2D eigenvalue weighted by Gasteiger charge is 2.10. The quantitative estimate of drug-likeness (QED) is 0.875. The summed E-state index contributed by atoms with van der Waals surface area (Å²) in [4.78, 5) is 8.42. The monoisotopic (exact) mass is 268 g/mol. The minimum absolute atomic E-state index is 0.801. The fourth-order valence-electron chi connectivity index (χ4n) is 2.66. The molecule has 0 unspecified atom stereocenters. The van der Waals surface area contributed by atoms with Crippen LogP contribution in [-0.2, 0) is 19.4 Å². The molecule has 3 rings (SSSR count). The Labute approximate surface area is 119 Å². The summed E-state index contributed by atoms with van der Waals surface area (Å²) in [5, 5.41) is 6.55. The number of fused-ring (bicyclic) bond motifs is 1. The molecule has 20 heavy (non-hydrogen) atoms. The number of aryl methyl sites for hydroxylation is 2. The first kappa shape index (κ1) is 12.9. The molecule has 4 heteroatoms. The van der Waals surface area contributed by atoms with Gasteiger partial charge in [0.15, 0.2) is 0 Å². The van der Waals surface area contributed by atoms with Crippen LogP contribution < -0.4 is 10.6 Å². The van der Waals surface area contributed by atoms with E-state index in [1.54, 1.807) is 6.33 Å². The molecule has 1 heterocycles. The zero-order chi connectivity index (χ0) is 13.8. The van der Waals surface area contributed by atoms with Crippen molar-refractivity contribution in [2.45, 2.75) is 32.7 Å². The first-order chi connectivity index (χ1) is 9.85. The van der Waals surface area contributed by atoms with Crippen LogP contribution in [0.4, 0.5) is 11.6 Å². The summed E-state index contributed by atoms with van der Waals surface area (Å²) in [5.41, 5.74) is 4.35. The summed E-state index contributed by atoms with van der Waals surface area (Å²) in [6.07, 6.45) is 5.34. The Balaban J connectivity index is 1.65. The SMILES string of the molecule is CCNc1cc(NCc2ccc3c(c2)CCC3)ncn1. The summed E-state index contributed by atoms with van der Waals surface area (Å²) in [6.45, 7) is 3.72. The first-order valence-corrected chi connectivity index (χ1v) is 7.25. The van der Waals surface area contributed by atoms with Gasteiger partial charge in [-0.2, -0.15) is 0 Å². The Morgan fingerprint density at radius 2 is 1.80 bits per heavy atom. The molecule has 4 nitrogen and oxygen atoms in total. The summed E-state index contributed by atoms with van der Waals surface area (Å²) in [7, 11) is 0. The van der Waals surface area contributed by atoms with Crippen molar-refractivity contribution in [3.05, 3.63) is 47.3 Å². The van der Waals surface area contributed by atoms with E-state index in [1.165, 1.54) is 36.0 Å². The molecule has 2 N–H and O–H groups in total. The van der Waals surface area contributed by atoms with Crippen molar-refractivity contribution >= 4 is 11.6 Å². The van der Waals surface area contributed by atoms with Gasteiger partial charge in [-0.05, 0) is 42.9 Å². The van der Waals surface area contributed by atoms with Gasteiger partial charge in [0, 0.05) is 19.2 Å². The largest absolute Gasteiger partial charge is 0.370 e. The van der Waals surface area contributed by atoms with E-state index in [-0.39, 0.29) is 0 Å². The van der Waals surface area contributed by atoms with Crippen molar-refractivity contribution < 1.29 is 0 Å². The maximum absolute atomic E-state index is 4.25. The number of nitrogens with zero attached hydrogens (tertiary/aromatic N) is 2. The average molecular weight is 268 g/mol. The minimum Gasteiger partial charge on any atom is -0.370 e. The molecule has 1 aliphatic rings. The van der Waals surface area contributed by atoms with Crippen LogP contribution in [0.5, 0.6) is 0 Å². The maximum atomic E-state index is 4.25. The van der Waals surface area contributed by atoms with Crippen LogP contribution in [0.1, 0.15) is 30.0 Å². The van der Waals surface area contributed by atoms with Gasteiger partial charge in [-0.3, -0.25) is 0 Å². The lowest BCUT2D eigenvalue weighted by atomic mass is 10.1. The van der Waals surface area contributed by atoms with Crippen molar-refractivity contribution in [1.82, 2.24) is 9.97 Å². The molecule has 1 aliphatic carbocycles. The molecule has 0 fully saturated rings. The highest BCUT2D eigenvalue weighted by Crippen LogP contribution is 2.23. The van der Waals surface area contributed by atoms with E-state index in [2.05, 4.69) is 45.7 Å². The van der Waals surface area contributed by atoms with E-state index in [0.29, 0.717) is 0 Å². The van der Waals surface area contributed by atoms with E-state index in [1.807, 2.05) is 6.07 Å². The Hall–Kier alpha value is -2.10. The topological polar surface area (TPSA) is 49.8 Å². The predicted molar refractivity (Wildman–Crippen MR) is 82.0 cm³/mol. The molecule has 2 aromatic rings. The van der Waals surface area contributed by atoms with Crippen molar-refractivity contribution in [2.24, 2.45) is 0 Å². The van der Waals surface area contributed by atoms with Crippen LogP contribution in [-0.4, -0.2) is 16.5 Å². The second kappa shape index (κ2) is 5.90. The molecule has 0 saturated carbocycles. The number of rotatable bonds is 5. The third kappa shape index (κ3) is 2.90. The molecule has 0 atom stereocenters. The van der Waals surface area contributed by atoms with Gasteiger partial charge in [-0.15, -0.1) is 0 Å². The van der Waals surface area contributed by atoms with Gasteiger partial charge in [-0.25, -0.2) is 9.97 Å².